The van der Waals surface area contributed by atoms with Gasteiger partial charge in [-0.25, -0.2) is 4.79 Å². The Labute approximate surface area is 220 Å². The maximum atomic E-state index is 12.8. The summed E-state index contributed by atoms with van der Waals surface area (Å²) in [5.41, 5.74) is 0. The quantitative estimate of drug-likeness (QED) is 0.0739. The number of unbranched alkanes of at least 4 members (excludes halogenated alkanes) is 11. The Morgan fingerprint density at radius 3 is 1.81 bits per heavy atom. The molecule has 36 heavy (non-hydrogen) atoms. The summed E-state index contributed by atoms with van der Waals surface area (Å²) in [5.74, 6) is -2.20. The van der Waals surface area contributed by atoms with Gasteiger partial charge in [0.1, 0.15) is 12.1 Å². The minimum atomic E-state index is -1.08. The van der Waals surface area contributed by atoms with Crippen LogP contribution in [0, 0.1) is 11.8 Å². The second-order valence-electron chi connectivity index (χ2n) is 10.7. The Morgan fingerprint density at radius 1 is 0.806 bits per heavy atom. The second kappa shape index (κ2) is 22.6. The van der Waals surface area contributed by atoms with Crippen LogP contribution >= 0.6 is 0 Å². The van der Waals surface area contributed by atoms with E-state index in [1.54, 1.807) is 0 Å². The van der Waals surface area contributed by atoms with E-state index in [0.29, 0.717) is 25.7 Å². The molecule has 7 heteroatoms. The first kappa shape index (κ1) is 34.4. The lowest BCUT2D eigenvalue weighted by molar-refractivity contribution is -0.156. The number of aliphatic hydroxyl groups is 1. The molecule has 0 aromatic carbocycles. The van der Waals surface area contributed by atoms with Gasteiger partial charge in [-0.15, -0.1) is 0 Å². The Kier molecular flexibility index (Phi) is 21.5. The first-order chi connectivity index (χ1) is 17.3. The predicted octanol–water partition coefficient (Wildman–Crippen LogP) is 6.40. The van der Waals surface area contributed by atoms with Crippen LogP contribution in [0.15, 0.2) is 0 Å². The number of rotatable bonds is 25. The summed E-state index contributed by atoms with van der Waals surface area (Å²) < 4.78 is 5.77. The lowest BCUT2D eigenvalue weighted by atomic mass is 9.90. The highest BCUT2D eigenvalue weighted by atomic mass is 16.5. The van der Waals surface area contributed by atoms with Crippen molar-refractivity contribution in [2.24, 2.45) is 11.8 Å². The molecule has 0 aromatic heterocycles. The van der Waals surface area contributed by atoms with Crippen LogP contribution < -0.4 is 5.32 Å². The molecular formula is C29H55NO6. The van der Waals surface area contributed by atoms with Gasteiger partial charge in [0.15, 0.2) is 0 Å². The first-order valence-electron chi connectivity index (χ1n) is 14.6. The van der Waals surface area contributed by atoms with Crippen molar-refractivity contribution >= 4 is 18.3 Å². The number of aliphatic carboxylic acids is 1. The van der Waals surface area contributed by atoms with Crippen molar-refractivity contribution in [3.8, 4) is 0 Å². The third-order valence-electron chi connectivity index (χ3n) is 6.83. The van der Waals surface area contributed by atoms with E-state index < -0.39 is 36.1 Å². The normalized spacial score (nSPS) is 14.7. The van der Waals surface area contributed by atoms with Gasteiger partial charge in [0.05, 0.1) is 12.0 Å². The van der Waals surface area contributed by atoms with Gasteiger partial charge < -0.3 is 20.3 Å². The molecule has 0 saturated heterocycles. The zero-order chi connectivity index (χ0) is 27.2. The topological polar surface area (TPSA) is 113 Å². The molecule has 0 aromatic rings. The number of aliphatic hydroxyl groups excluding tert-OH is 1. The molecule has 7 nitrogen and oxygen atoms in total. The van der Waals surface area contributed by atoms with Crippen LogP contribution in [0.4, 0.5) is 0 Å². The van der Waals surface area contributed by atoms with Gasteiger partial charge in [-0.05, 0) is 31.6 Å². The number of amides is 1. The molecule has 0 aliphatic carbocycles. The molecule has 1 amide bonds. The van der Waals surface area contributed by atoms with Crippen LogP contribution in [0.2, 0.25) is 0 Å². The molecule has 0 fully saturated rings. The zero-order valence-corrected chi connectivity index (χ0v) is 23.5. The minimum absolute atomic E-state index is 0.100. The van der Waals surface area contributed by atoms with E-state index in [1.165, 1.54) is 38.5 Å². The number of carbonyl (C=O) groups excluding carboxylic acids is 2. The van der Waals surface area contributed by atoms with Gasteiger partial charge in [-0.3, -0.25) is 9.59 Å². The Hall–Kier alpha value is -1.63. The van der Waals surface area contributed by atoms with Gasteiger partial charge in [0.25, 0.3) is 0 Å². The number of carboxylic acids is 1. The van der Waals surface area contributed by atoms with Crippen molar-refractivity contribution in [2.45, 2.75) is 155 Å². The first-order valence-corrected chi connectivity index (χ1v) is 14.6. The van der Waals surface area contributed by atoms with Crippen molar-refractivity contribution in [3.63, 3.8) is 0 Å². The van der Waals surface area contributed by atoms with Gasteiger partial charge in [-0.2, -0.15) is 0 Å². The van der Waals surface area contributed by atoms with Crippen LogP contribution in [0.5, 0.6) is 0 Å². The molecule has 0 spiro atoms. The van der Waals surface area contributed by atoms with E-state index >= 15 is 0 Å². The van der Waals surface area contributed by atoms with E-state index in [0.717, 1.165) is 44.9 Å². The average molecular weight is 514 g/mol. The molecule has 3 N–H and O–H groups in total. The van der Waals surface area contributed by atoms with Crippen LogP contribution in [-0.4, -0.2) is 46.8 Å². The van der Waals surface area contributed by atoms with E-state index in [9.17, 15) is 24.6 Å². The lowest BCUT2D eigenvalue weighted by Crippen LogP contribution is -2.41. The Morgan fingerprint density at radius 2 is 1.31 bits per heavy atom. The standard InChI is InChI=1S/C29H55NO6/c1-5-7-9-11-12-13-14-15-16-18-24(36-29(35)26(30-22-31)20-23(3)4)21-27(32)25(28(33)34)19-17-10-8-6-2/h22-27,32H,5-21H2,1-4H3,(H,30,31)(H,33,34)/t24-,25+,26?,27-/m0/s1. The molecule has 1 unspecified atom stereocenters. The number of esters is 1. The smallest absolute Gasteiger partial charge is 0.328 e. The van der Waals surface area contributed by atoms with Crippen molar-refractivity contribution in [1.29, 1.82) is 0 Å². The summed E-state index contributed by atoms with van der Waals surface area (Å²) in [6, 6.07) is -0.741. The predicted molar refractivity (Wildman–Crippen MR) is 145 cm³/mol. The summed E-state index contributed by atoms with van der Waals surface area (Å²) >= 11 is 0. The van der Waals surface area contributed by atoms with Gasteiger partial charge in [0, 0.05) is 6.42 Å². The van der Waals surface area contributed by atoms with Crippen LogP contribution in [-0.2, 0) is 19.1 Å². The minimum Gasteiger partial charge on any atom is -0.481 e. The van der Waals surface area contributed by atoms with Crippen LogP contribution in [0.3, 0.4) is 0 Å². The number of hydrogen-bond donors (Lipinski definition) is 3. The maximum Gasteiger partial charge on any atom is 0.328 e. The summed E-state index contributed by atoms with van der Waals surface area (Å²) in [4.78, 5) is 35.7. The molecular weight excluding hydrogens is 458 g/mol. The highest BCUT2D eigenvalue weighted by molar-refractivity contribution is 5.78. The molecule has 212 valence electrons. The number of nitrogens with one attached hydrogen (secondary N) is 1. The van der Waals surface area contributed by atoms with Crippen LogP contribution in [0.1, 0.15) is 137 Å². The third-order valence-corrected chi connectivity index (χ3v) is 6.83. The Bertz CT molecular complexity index is 568. The van der Waals surface area contributed by atoms with Gasteiger partial charge in [-0.1, -0.05) is 105 Å². The number of carboxylic acid groups (broad SMARTS) is 1. The van der Waals surface area contributed by atoms with E-state index in [2.05, 4.69) is 19.2 Å². The molecule has 0 saturated carbocycles. The van der Waals surface area contributed by atoms with E-state index in [1.807, 2.05) is 13.8 Å². The van der Waals surface area contributed by atoms with Crippen molar-refractivity contribution < 1.29 is 29.3 Å². The van der Waals surface area contributed by atoms with E-state index in [-0.39, 0.29) is 12.3 Å². The fourth-order valence-electron chi connectivity index (χ4n) is 4.64. The SMILES string of the molecule is CCCCCCCCCCC[C@@H](C[C@H](O)[C@@H](CCCCCC)C(=O)O)OC(=O)C(CC(C)C)NC=O. The van der Waals surface area contributed by atoms with Crippen molar-refractivity contribution in [1.82, 2.24) is 5.32 Å². The lowest BCUT2D eigenvalue weighted by Gasteiger charge is -2.26. The fourth-order valence-corrected chi connectivity index (χ4v) is 4.64. The summed E-state index contributed by atoms with van der Waals surface area (Å²) in [5, 5.41) is 23.0. The highest BCUT2D eigenvalue weighted by Gasteiger charge is 2.31. The molecule has 4 atom stereocenters. The molecule has 0 rings (SSSR count). The molecule has 0 aliphatic rings. The summed E-state index contributed by atoms with van der Waals surface area (Å²) in [6.07, 6.45) is 14.7. The Balaban J connectivity index is 4.99. The van der Waals surface area contributed by atoms with Crippen molar-refractivity contribution in [3.05, 3.63) is 0 Å². The average Bonchev–Trinajstić information content (AvgIpc) is 2.81. The summed E-state index contributed by atoms with van der Waals surface area (Å²) in [6.45, 7) is 8.24. The monoisotopic (exact) mass is 513 g/mol. The second-order valence-corrected chi connectivity index (χ2v) is 10.7. The molecule has 0 aliphatic heterocycles. The van der Waals surface area contributed by atoms with E-state index in [4.69, 9.17) is 4.74 Å². The molecule has 0 heterocycles. The highest BCUT2D eigenvalue weighted by Crippen LogP contribution is 2.23. The number of carbonyl (C=O) groups is 3. The zero-order valence-electron chi connectivity index (χ0n) is 23.5. The van der Waals surface area contributed by atoms with Gasteiger partial charge >= 0.3 is 11.9 Å². The third kappa shape index (κ3) is 17.7. The van der Waals surface area contributed by atoms with Crippen LogP contribution in [0.25, 0.3) is 0 Å². The number of hydrogen-bond acceptors (Lipinski definition) is 5. The van der Waals surface area contributed by atoms with Gasteiger partial charge in [0.2, 0.25) is 6.41 Å². The van der Waals surface area contributed by atoms with Crippen molar-refractivity contribution in [2.75, 3.05) is 0 Å². The largest absolute Gasteiger partial charge is 0.481 e. The number of ether oxygens (including phenoxy) is 1. The summed E-state index contributed by atoms with van der Waals surface area (Å²) in [7, 11) is 0. The molecule has 0 radical (unpaired) electrons. The fraction of sp³-hybridized carbons (Fsp3) is 0.897. The molecule has 0 bridgehead atoms. The maximum absolute atomic E-state index is 12.8.